The highest BCUT2D eigenvalue weighted by molar-refractivity contribution is 5.83. The summed E-state index contributed by atoms with van der Waals surface area (Å²) in [7, 11) is 3.92. The zero-order valence-electron chi connectivity index (χ0n) is 15.1. The van der Waals surface area contributed by atoms with Crippen LogP contribution in [0.3, 0.4) is 0 Å². The van der Waals surface area contributed by atoms with Crippen LogP contribution in [0.4, 0.5) is 5.82 Å². The van der Waals surface area contributed by atoms with Crippen molar-refractivity contribution < 1.29 is 14.3 Å². The van der Waals surface area contributed by atoms with Crippen LogP contribution in [0, 0.1) is 11.3 Å². The van der Waals surface area contributed by atoms with Gasteiger partial charge < -0.3 is 19.3 Å². The van der Waals surface area contributed by atoms with Crippen LogP contribution < -0.4 is 9.64 Å². The van der Waals surface area contributed by atoms with Crippen LogP contribution in [0.25, 0.3) is 0 Å². The number of rotatable bonds is 4. The first-order valence-electron chi connectivity index (χ1n) is 9.25. The van der Waals surface area contributed by atoms with Crippen LogP contribution in [0.1, 0.15) is 25.7 Å². The smallest absolute Gasteiger partial charge is 0.226 e. The lowest BCUT2D eigenvalue weighted by molar-refractivity contribution is -0.133. The molecule has 25 heavy (non-hydrogen) atoms. The van der Waals surface area contributed by atoms with E-state index in [0.717, 1.165) is 57.0 Å². The Labute approximate surface area is 149 Å². The number of amides is 1. The lowest BCUT2D eigenvalue weighted by Gasteiger charge is -2.24. The number of carbonyl (C=O) groups excluding carboxylic acids is 1. The molecule has 2 atom stereocenters. The highest BCUT2D eigenvalue weighted by atomic mass is 16.5. The number of carbonyl (C=O) groups is 1. The second-order valence-corrected chi connectivity index (χ2v) is 7.76. The number of aromatic nitrogens is 1. The van der Waals surface area contributed by atoms with E-state index in [4.69, 9.17) is 9.47 Å². The maximum Gasteiger partial charge on any atom is 0.226 e. The first-order valence-corrected chi connectivity index (χ1v) is 9.25. The van der Waals surface area contributed by atoms with Gasteiger partial charge in [0.05, 0.1) is 6.54 Å². The zero-order valence-corrected chi connectivity index (χ0v) is 15.1. The molecule has 0 N–H and O–H groups in total. The molecule has 0 aromatic carbocycles. The van der Waals surface area contributed by atoms with Crippen LogP contribution in [0.15, 0.2) is 18.3 Å². The third kappa shape index (κ3) is 3.19. The molecule has 3 heterocycles. The highest BCUT2D eigenvalue weighted by Gasteiger charge is 2.59. The Morgan fingerprint density at radius 1 is 1.40 bits per heavy atom. The van der Waals surface area contributed by atoms with Gasteiger partial charge in [0.2, 0.25) is 5.91 Å². The van der Waals surface area contributed by atoms with Gasteiger partial charge in [-0.05, 0) is 36.8 Å². The molecule has 1 spiro atoms. The fourth-order valence-electron chi connectivity index (χ4n) is 4.26. The third-order valence-electron chi connectivity index (χ3n) is 5.90. The van der Waals surface area contributed by atoms with E-state index in [9.17, 15) is 4.79 Å². The standard InChI is InChI=1S/C19H27N3O3/c1-21(2)17-16(4-3-8-20-17)25-14-5-9-22(13-14)18(23)15-12-19(15)6-10-24-11-7-19/h3-4,8,14-15H,5-7,9-13H2,1-2H3/t14-,15-/m1/s1. The average Bonchev–Trinajstić information content (AvgIpc) is 3.09. The molecule has 1 aromatic heterocycles. The van der Waals surface area contributed by atoms with E-state index in [2.05, 4.69) is 4.98 Å². The van der Waals surface area contributed by atoms with Crippen molar-refractivity contribution in [3.63, 3.8) is 0 Å². The molecule has 1 aromatic rings. The molecule has 3 aliphatic rings. The summed E-state index contributed by atoms with van der Waals surface area (Å²) in [6.45, 7) is 3.10. The Hall–Kier alpha value is -1.82. The van der Waals surface area contributed by atoms with Crippen molar-refractivity contribution in [2.24, 2.45) is 11.3 Å². The average molecular weight is 345 g/mol. The predicted molar refractivity (Wildman–Crippen MR) is 94.8 cm³/mol. The highest BCUT2D eigenvalue weighted by Crippen LogP contribution is 2.59. The van der Waals surface area contributed by atoms with Gasteiger partial charge in [-0.2, -0.15) is 0 Å². The summed E-state index contributed by atoms with van der Waals surface area (Å²) in [5.74, 6) is 2.16. The fraction of sp³-hybridized carbons (Fsp3) is 0.684. The van der Waals surface area contributed by atoms with E-state index in [0.29, 0.717) is 12.5 Å². The van der Waals surface area contributed by atoms with E-state index in [1.807, 2.05) is 36.0 Å². The molecule has 0 bridgehead atoms. The first kappa shape index (κ1) is 16.6. The second kappa shape index (κ2) is 6.48. The Morgan fingerprint density at radius 2 is 2.20 bits per heavy atom. The normalized spacial score (nSPS) is 27.4. The molecule has 0 unspecified atom stereocenters. The molecule has 136 valence electrons. The number of hydrogen-bond acceptors (Lipinski definition) is 5. The summed E-state index contributed by atoms with van der Waals surface area (Å²) in [5, 5.41) is 0. The number of pyridine rings is 1. The van der Waals surface area contributed by atoms with Gasteiger partial charge in [0, 0.05) is 52.4 Å². The van der Waals surface area contributed by atoms with Gasteiger partial charge >= 0.3 is 0 Å². The van der Waals surface area contributed by atoms with Gasteiger partial charge in [-0.15, -0.1) is 0 Å². The fourth-order valence-corrected chi connectivity index (χ4v) is 4.26. The number of anilines is 1. The van der Waals surface area contributed by atoms with Crippen molar-refractivity contribution >= 4 is 11.7 Å². The summed E-state index contributed by atoms with van der Waals surface area (Å²) in [6.07, 6.45) is 5.84. The minimum Gasteiger partial charge on any atom is -0.485 e. The zero-order chi connectivity index (χ0) is 17.4. The molecule has 2 aliphatic heterocycles. The third-order valence-corrected chi connectivity index (χ3v) is 5.90. The molecule has 2 saturated heterocycles. The van der Waals surface area contributed by atoms with Crippen LogP contribution in [0.2, 0.25) is 0 Å². The first-order chi connectivity index (χ1) is 12.1. The van der Waals surface area contributed by atoms with E-state index in [1.165, 1.54) is 0 Å². The Morgan fingerprint density at radius 3 is 2.96 bits per heavy atom. The number of likely N-dealkylation sites (tertiary alicyclic amines) is 1. The quantitative estimate of drug-likeness (QED) is 0.835. The van der Waals surface area contributed by atoms with Crippen molar-refractivity contribution in [2.75, 3.05) is 45.3 Å². The molecule has 1 amide bonds. The van der Waals surface area contributed by atoms with Crippen molar-refractivity contribution in [2.45, 2.75) is 31.8 Å². The van der Waals surface area contributed by atoms with Crippen molar-refractivity contribution in [1.82, 2.24) is 9.88 Å². The molecule has 6 nitrogen and oxygen atoms in total. The van der Waals surface area contributed by atoms with E-state index >= 15 is 0 Å². The van der Waals surface area contributed by atoms with Gasteiger partial charge in [0.1, 0.15) is 6.10 Å². The number of nitrogens with zero attached hydrogens (tertiary/aromatic N) is 3. The van der Waals surface area contributed by atoms with Crippen LogP contribution >= 0.6 is 0 Å². The summed E-state index contributed by atoms with van der Waals surface area (Å²) in [4.78, 5) is 21.2. The number of ether oxygens (including phenoxy) is 2. The Kier molecular flexibility index (Phi) is 4.31. The second-order valence-electron chi connectivity index (χ2n) is 7.76. The summed E-state index contributed by atoms with van der Waals surface area (Å²) < 4.78 is 11.6. The van der Waals surface area contributed by atoms with Crippen LogP contribution in [0.5, 0.6) is 5.75 Å². The molecule has 3 fully saturated rings. The minimum atomic E-state index is 0.0521. The predicted octanol–water partition coefficient (Wildman–Crippen LogP) is 1.94. The molecule has 1 aliphatic carbocycles. The van der Waals surface area contributed by atoms with Crippen LogP contribution in [-0.2, 0) is 9.53 Å². The molecular weight excluding hydrogens is 318 g/mol. The molecule has 0 radical (unpaired) electrons. The minimum absolute atomic E-state index is 0.0521. The van der Waals surface area contributed by atoms with Crippen LogP contribution in [-0.4, -0.2) is 62.3 Å². The lowest BCUT2D eigenvalue weighted by Crippen LogP contribution is -2.34. The summed E-state index contributed by atoms with van der Waals surface area (Å²) >= 11 is 0. The summed E-state index contributed by atoms with van der Waals surface area (Å²) in [6, 6.07) is 3.84. The monoisotopic (exact) mass is 345 g/mol. The van der Waals surface area contributed by atoms with Gasteiger partial charge in [-0.3, -0.25) is 4.79 Å². The SMILES string of the molecule is CN(C)c1ncccc1O[C@@H]1CCN(C(=O)[C@H]2CC23CCOCC3)C1. The molecular formula is C19H27N3O3. The van der Waals surface area contributed by atoms with Crippen molar-refractivity contribution in [1.29, 1.82) is 0 Å². The van der Waals surface area contributed by atoms with Crippen molar-refractivity contribution in [3.8, 4) is 5.75 Å². The molecule has 4 rings (SSSR count). The number of hydrogen-bond donors (Lipinski definition) is 0. The van der Waals surface area contributed by atoms with Gasteiger partial charge in [-0.25, -0.2) is 4.98 Å². The maximum absolute atomic E-state index is 12.9. The topological polar surface area (TPSA) is 54.9 Å². The van der Waals surface area contributed by atoms with Crippen molar-refractivity contribution in [3.05, 3.63) is 18.3 Å². The summed E-state index contributed by atoms with van der Waals surface area (Å²) in [5.41, 5.74) is 0.246. The largest absolute Gasteiger partial charge is 0.485 e. The molecule has 6 heteroatoms. The maximum atomic E-state index is 12.9. The van der Waals surface area contributed by atoms with E-state index in [1.54, 1.807) is 6.20 Å². The van der Waals surface area contributed by atoms with Gasteiger partial charge in [-0.1, -0.05) is 0 Å². The Balaban J connectivity index is 1.35. The van der Waals surface area contributed by atoms with Gasteiger partial charge in [0.25, 0.3) is 0 Å². The molecule has 1 saturated carbocycles. The van der Waals surface area contributed by atoms with E-state index < -0.39 is 0 Å². The van der Waals surface area contributed by atoms with E-state index in [-0.39, 0.29) is 17.4 Å². The Bertz CT molecular complexity index is 643. The van der Waals surface area contributed by atoms with Gasteiger partial charge in [0.15, 0.2) is 11.6 Å². The lowest BCUT2D eigenvalue weighted by atomic mass is 9.93.